The van der Waals surface area contributed by atoms with Crippen LogP contribution in [0.3, 0.4) is 0 Å². The number of amides is 2. The van der Waals surface area contributed by atoms with E-state index in [2.05, 4.69) is 11.4 Å². The minimum absolute atomic E-state index is 0.110. The van der Waals surface area contributed by atoms with Crippen LogP contribution in [0.2, 0.25) is 0 Å². The van der Waals surface area contributed by atoms with Gasteiger partial charge in [0, 0.05) is 37.4 Å². The summed E-state index contributed by atoms with van der Waals surface area (Å²) in [6.45, 7) is 2.79. The lowest BCUT2D eigenvalue weighted by Crippen LogP contribution is -2.54. The summed E-state index contributed by atoms with van der Waals surface area (Å²) in [6, 6.07) is 2.34. The van der Waals surface area contributed by atoms with E-state index in [1.807, 2.05) is 9.80 Å². The summed E-state index contributed by atoms with van der Waals surface area (Å²) in [7, 11) is 0. The predicted octanol–water partition coefficient (Wildman–Crippen LogP) is 2.58. The quantitative estimate of drug-likeness (QED) is 0.830. The first-order valence-electron chi connectivity index (χ1n) is 9.46. The van der Waals surface area contributed by atoms with Gasteiger partial charge >= 0.3 is 0 Å². The summed E-state index contributed by atoms with van der Waals surface area (Å²) in [5.41, 5.74) is 1.27. The summed E-state index contributed by atoms with van der Waals surface area (Å²) in [5.74, 6) is 0.237. The van der Waals surface area contributed by atoms with Gasteiger partial charge in [-0.25, -0.2) is 0 Å². The third-order valence-electron chi connectivity index (χ3n) is 5.77. The minimum Gasteiger partial charge on any atom is -0.374 e. The number of carbonyl (C=O) groups is 2. The Kier molecular flexibility index (Phi) is 5.08. The van der Waals surface area contributed by atoms with Gasteiger partial charge in [0.2, 0.25) is 11.8 Å². The van der Waals surface area contributed by atoms with Crippen LogP contribution < -0.4 is 0 Å². The second-order valence-electron chi connectivity index (χ2n) is 7.28. The number of thiophene rings is 1. The van der Waals surface area contributed by atoms with Crippen LogP contribution in [0.15, 0.2) is 11.4 Å². The van der Waals surface area contributed by atoms with E-state index in [0.717, 1.165) is 25.8 Å². The standard InChI is InChI=1S/C19H26N2O3S/c22-18(20-9-7-17-14(13-20)8-12-25-17)5-6-19(23)21-10-11-24-16-4-2-1-3-15(16)21/h8,12,15-16H,1-7,9-11,13H2. The molecule has 3 heterocycles. The highest BCUT2D eigenvalue weighted by molar-refractivity contribution is 7.10. The third-order valence-corrected chi connectivity index (χ3v) is 6.79. The fourth-order valence-corrected chi connectivity index (χ4v) is 5.27. The van der Waals surface area contributed by atoms with Crippen LogP contribution in [0.4, 0.5) is 0 Å². The maximum absolute atomic E-state index is 12.7. The van der Waals surface area contributed by atoms with Crippen molar-refractivity contribution < 1.29 is 14.3 Å². The van der Waals surface area contributed by atoms with Crippen LogP contribution >= 0.6 is 11.3 Å². The van der Waals surface area contributed by atoms with Gasteiger partial charge in [0.1, 0.15) is 0 Å². The van der Waals surface area contributed by atoms with Crippen molar-refractivity contribution in [2.45, 2.75) is 63.6 Å². The second-order valence-corrected chi connectivity index (χ2v) is 8.28. The van der Waals surface area contributed by atoms with E-state index in [1.54, 1.807) is 11.3 Å². The molecule has 25 heavy (non-hydrogen) atoms. The Morgan fingerprint density at radius 1 is 1.16 bits per heavy atom. The monoisotopic (exact) mass is 362 g/mol. The van der Waals surface area contributed by atoms with E-state index in [1.165, 1.54) is 23.3 Å². The molecule has 2 aliphatic heterocycles. The molecule has 1 saturated heterocycles. The molecule has 0 N–H and O–H groups in total. The largest absolute Gasteiger partial charge is 0.374 e. The Hall–Kier alpha value is -1.40. The zero-order valence-corrected chi connectivity index (χ0v) is 15.4. The Morgan fingerprint density at radius 2 is 2.00 bits per heavy atom. The van der Waals surface area contributed by atoms with Crippen molar-refractivity contribution >= 4 is 23.2 Å². The highest BCUT2D eigenvalue weighted by Gasteiger charge is 2.36. The first kappa shape index (κ1) is 17.0. The fourth-order valence-electron chi connectivity index (χ4n) is 4.38. The van der Waals surface area contributed by atoms with E-state index in [4.69, 9.17) is 4.74 Å². The lowest BCUT2D eigenvalue weighted by molar-refractivity contribution is -0.151. The van der Waals surface area contributed by atoms with Gasteiger partial charge in [-0.2, -0.15) is 0 Å². The summed E-state index contributed by atoms with van der Waals surface area (Å²) >= 11 is 1.78. The highest BCUT2D eigenvalue weighted by Crippen LogP contribution is 2.29. The van der Waals surface area contributed by atoms with Crippen LogP contribution in [0, 0.1) is 0 Å². The third kappa shape index (κ3) is 3.60. The number of ether oxygens (including phenoxy) is 1. The Bertz CT molecular complexity index is 642. The smallest absolute Gasteiger partial charge is 0.223 e. The van der Waals surface area contributed by atoms with E-state index in [-0.39, 0.29) is 24.0 Å². The Morgan fingerprint density at radius 3 is 2.92 bits per heavy atom. The van der Waals surface area contributed by atoms with E-state index in [0.29, 0.717) is 32.5 Å². The van der Waals surface area contributed by atoms with Gasteiger partial charge in [-0.15, -0.1) is 11.3 Å². The number of nitrogens with zero attached hydrogens (tertiary/aromatic N) is 2. The van der Waals surface area contributed by atoms with E-state index >= 15 is 0 Å². The lowest BCUT2D eigenvalue weighted by atomic mass is 9.90. The highest BCUT2D eigenvalue weighted by atomic mass is 32.1. The van der Waals surface area contributed by atoms with E-state index < -0.39 is 0 Å². The van der Waals surface area contributed by atoms with Gasteiger partial charge in [0.25, 0.3) is 0 Å². The first-order valence-corrected chi connectivity index (χ1v) is 10.3. The topological polar surface area (TPSA) is 49.9 Å². The van der Waals surface area contributed by atoms with Gasteiger partial charge in [-0.05, 0) is 36.3 Å². The molecular weight excluding hydrogens is 336 g/mol. The molecule has 2 unspecified atom stereocenters. The van der Waals surface area contributed by atoms with Gasteiger partial charge in [-0.3, -0.25) is 9.59 Å². The zero-order valence-electron chi connectivity index (χ0n) is 14.6. The maximum atomic E-state index is 12.7. The Labute approximate surface area is 152 Å². The van der Waals surface area contributed by atoms with Crippen LogP contribution in [0.25, 0.3) is 0 Å². The molecule has 1 saturated carbocycles. The molecule has 3 aliphatic rings. The van der Waals surface area contributed by atoms with Crippen LogP contribution in [-0.2, 0) is 27.3 Å². The number of hydrogen-bond donors (Lipinski definition) is 0. The molecule has 2 fully saturated rings. The van der Waals surface area contributed by atoms with Crippen molar-refractivity contribution in [1.82, 2.24) is 9.80 Å². The van der Waals surface area contributed by atoms with Gasteiger partial charge < -0.3 is 14.5 Å². The maximum Gasteiger partial charge on any atom is 0.223 e. The molecule has 0 radical (unpaired) electrons. The lowest BCUT2D eigenvalue weighted by Gasteiger charge is -2.43. The number of morpholine rings is 1. The molecule has 0 bridgehead atoms. The van der Waals surface area contributed by atoms with Gasteiger partial charge in [0.05, 0.1) is 18.8 Å². The number of carbonyl (C=O) groups excluding carboxylic acids is 2. The summed E-state index contributed by atoms with van der Waals surface area (Å²) < 4.78 is 5.84. The second kappa shape index (κ2) is 7.46. The first-order chi connectivity index (χ1) is 12.2. The average molecular weight is 362 g/mol. The summed E-state index contributed by atoms with van der Waals surface area (Å²) in [5, 5.41) is 2.10. The van der Waals surface area contributed by atoms with Crippen molar-refractivity contribution in [3.05, 3.63) is 21.9 Å². The molecule has 1 aliphatic carbocycles. The number of fused-ring (bicyclic) bond motifs is 2. The Balaban J connectivity index is 1.30. The fraction of sp³-hybridized carbons (Fsp3) is 0.684. The van der Waals surface area contributed by atoms with Crippen molar-refractivity contribution in [3.63, 3.8) is 0 Å². The molecule has 1 aromatic heterocycles. The predicted molar refractivity (Wildman–Crippen MR) is 96.4 cm³/mol. The molecule has 2 amide bonds. The average Bonchev–Trinajstić information content (AvgIpc) is 3.13. The molecule has 0 spiro atoms. The van der Waals surface area contributed by atoms with Crippen molar-refractivity contribution in [3.8, 4) is 0 Å². The molecule has 5 nitrogen and oxygen atoms in total. The summed E-state index contributed by atoms with van der Waals surface area (Å²) in [6.07, 6.45) is 6.27. The van der Waals surface area contributed by atoms with Crippen LogP contribution in [0.1, 0.15) is 49.0 Å². The molecule has 6 heteroatoms. The number of rotatable bonds is 3. The normalized spacial score (nSPS) is 26.1. The van der Waals surface area contributed by atoms with Crippen LogP contribution in [-0.4, -0.2) is 53.5 Å². The summed E-state index contributed by atoms with van der Waals surface area (Å²) in [4.78, 5) is 30.5. The molecule has 0 aromatic carbocycles. The molecule has 2 atom stereocenters. The van der Waals surface area contributed by atoms with E-state index in [9.17, 15) is 9.59 Å². The van der Waals surface area contributed by atoms with Crippen molar-refractivity contribution in [2.75, 3.05) is 19.7 Å². The number of hydrogen-bond acceptors (Lipinski definition) is 4. The van der Waals surface area contributed by atoms with Gasteiger partial charge in [-0.1, -0.05) is 12.8 Å². The van der Waals surface area contributed by atoms with Crippen LogP contribution in [0.5, 0.6) is 0 Å². The zero-order chi connectivity index (χ0) is 17.2. The molecular formula is C19H26N2O3S. The van der Waals surface area contributed by atoms with Gasteiger partial charge in [0.15, 0.2) is 0 Å². The molecule has 4 rings (SSSR count). The molecule has 1 aromatic rings. The van der Waals surface area contributed by atoms with Crippen molar-refractivity contribution in [1.29, 1.82) is 0 Å². The minimum atomic E-state index is 0.110. The SMILES string of the molecule is O=C(CCC(=O)N1CCOC2CCCCC21)N1CCc2sccc2C1. The molecule has 136 valence electrons. The van der Waals surface area contributed by atoms with Crippen molar-refractivity contribution in [2.24, 2.45) is 0 Å².